The first kappa shape index (κ1) is 13.1. The number of rotatable bonds is 2. The van der Waals surface area contributed by atoms with Gasteiger partial charge in [0.15, 0.2) is 0 Å². The van der Waals surface area contributed by atoms with Crippen LogP contribution in [0.15, 0.2) is 54.9 Å². The van der Waals surface area contributed by atoms with Gasteiger partial charge < -0.3 is 5.11 Å². The fourth-order valence-corrected chi connectivity index (χ4v) is 2.66. The number of hydrogen-bond acceptors (Lipinski definition) is 2. The van der Waals surface area contributed by atoms with Crippen molar-refractivity contribution in [3.63, 3.8) is 0 Å². The lowest BCUT2D eigenvalue weighted by Gasteiger charge is -2.16. The molecule has 0 bridgehead atoms. The third kappa shape index (κ3) is 2.17. The summed E-state index contributed by atoms with van der Waals surface area (Å²) in [4.78, 5) is 4.11. The van der Waals surface area contributed by atoms with Gasteiger partial charge in [0.05, 0.1) is 0 Å². The molecular weight excluding hydrogens is 270 g/mol. The quantitative estimate of drug-likeness (QED) is 0.761. The Kier molecular flexibility index (Phi) is 3.43. The van der Waals surface area contributed by atoms with Gasteiger partial charge in [-0.3, -0.25) is 4.98 Å². The molecule has 1 unspecified atom stereocenters. The van der Waals surface area contributed by atoms with Crippen LogP contribution in [-0.4, -0.2) is 10.1 Å². The predicted molar refractivity (Wildman–Crippen MR) is 82.0 cm³/mol. The minimum absolute atomic E-state index is 0.617. The highest BCUT2D eigenvalue weighted by Crippen LogP contribution is 2.33. The second kappa shape index (κ2) is 5.23. The molecule has 3 rings (SSSR count). The van der Waals surface area contributed by atoms with E-state index in [0.717, 1.165) is 27.5 Å². The van der Waals surface area contributed by atoms with Gasteiger partial charge in [-0.15, -0.1) is 0 Å². The summed E-state index contributed by atoms with van der Waals surface area (Å²) in [5.41, 5.74) is 2.54. The van der Waals surface area contributed by atoms with Gasteiger partial charge in [0, 0.05) is 28.4 Å². The Hall–Kier alpha value is -1.90. The molecule has 2 aromatic carbocycles. The maximum Gasteiger partial charge on any atom is 0.106 e. The highest BCUT2D eigenvalue weighted by atomic mass is 35.5. The average Bonchev–Trinajstić information content (AvgIpc) is 2.49. The van der Waals surface area contributed by atoms with Gasteiger partial charge in [-0.2, -0.15) is 0 Å². The van der Waals surface area contributed by atoms with Crippen molar-refractivity contribution in [2.45, 2.75) is 13.0 Å². The molecule has 1 atom stereocenters. The zero-order chi connectivity index (χ0) is 14.1. The maximum atomic E-state index is 10.7. The number of benzene rings is 2. The normalized spacial score (nSPS) is 12.6. The van der Waals surface area contributed by atoms with Gasteiger partial charge >= 0.3 is 0 Å². The molecule has 100 valence electrons. The zero-order valence-electron chi connectivity index (χ0n) is 11.0. The van der Waals surface area contributed by atoms with Crippen LogP contribution in [0, 0.1) is 6.92 Å². The van der Waals surface area contributed by atoms with Crippen LogP contribution in [0.4, 0.5) is 0 Å². The van der Waals surface area contributed by atoms with Crippen LogP contribution in [0.3, 0.4) is 0 Å². The fraction of sp³-hybridized carbons (Fsp3) is 0.118. The molecular formula is C17H14ClNO. The third-order valence-corrected chi connectivity index (χ3v) is 4.04. The lowest BCUT2D eigenvalue weighted by Crippen LogP contribution is -2.02. The Morgan fingerprint density at radius 2 is 1.80 bits per heavy atom. The number of hydrogen-bond donors (Lipinski definition) is 1. The van der Waals surface area contributed by atoms with Gasteiger partial charge in [0.25, 0.3) is 0 Å². The average molecular weight is 284 g/mol. The first-order valence-electron chi connectivity index (χ1n) is 6.44. The molecule has 0 radical (unpaired) electrons. The van der Waals surface area contributed by atoms with E-state index >= 15 is 0 Å². The molecule has 1 heterocycles. The Bertz CT molecular complexity index is 765. The SMILES string of the molecule is Cc1cccc(C(O)c2cccc3cnccc23)c1Cl. The smallest absolute Gasteiger partial charge is 0.106 e. The van der Waals surface area contributed by atoms with E-state index in [1.807, 2.05) is 49.4 Å². The van der Waals surface area contributed by atoms with E-state index < -0.39 is 6.10 Å². The van der Waals surface area contributed by atoms with Crippen molar-refractivity contribution >= 4 is 22.4 Å². The number of aryl methyl sites for hydroxylation is 1. The molecule has 3 heteroatoms. The van der Waals surface area contributed by atoms with Crippen LogP contribution in [0.1, 0.15) is 22.8 Å². The summed E-state index contributed by atoms with van der Waals surface area (Å²) >= 11 is 6.32. The van der Waals surface area contributed by atoms with E-state index in [1.165, 1.54) is 0 Å². The number of halogens is 1. The summed E-state index contributed by atoms with van der Waals surface area (Å²) in [6, 6.07) is 13.4. The number of fused-ring (bicyclic) bond motifs is 1. The number of aliphatic hydroxyl groups excluding tert-OH is 1. The lowest BCUT2D eigenvalue weighted by atomic mass is 9.96. The molecule has 1 aromatic heterocycles. The summed E-state index contributed by atoms with van der Waals surface area (Å²) in [5.74, 6) is 0. The van der Waals surface area contributed by atoms with E-state index in [1.54, 1.807) is 12.4 Å². The van der Waals surface area contributed by atoms with Crippen molar-refractivity contribution in [3.05, 3.63) is 76.6 Å². The van der Waals surface area contributed by atoms with Crippen molar-refractivity contribution in [1.82, 2.24) is 4.98 Å². The topological polar surface area (TPSA) is 33.1 Å². The van der Waals surface area contributed by atoms with Gasteiger partial charge in [-0.25, -0.2) is 0 Å². The molecule has 2 nitrogen and oxygen atoms in total. The van der Waals surface area contributed by atoms with Gasteiger partial charge in [0.1, 0.15) is 6.10 Å². The predicted octanol–water partition coefficient (Wildman–Crippen LogP) is 4.28. The highest BCUT2D eigenvalue weighted by Gasteiger charge is 2.17. The Labute approximate surface area is 122 Å². The minimum Gasteiger partial charge on any atom is -0.384 e. The van der Waals surface area contributed by atoms with Gasteiger partial charge in [0.2, 0.25) is 0 Å². The summed E-state index contributed by atoms with van der Waals surface area (Å²) in [6.07, 6.45) is 2.79. The van der Waals surface area contributed by atoms with Crippen LogP contribution >= 0.6 is 11.6 Å². The van der Waals surface area contributed by atoms with Crippen LogP contribution in [0.2, 0.25) is 5.02 Å². The third-order valence-electron chi connectivity index (χ3n) is 3.53. The van der Waals surface area contributed by atoms with Crippen LogP contribution < -0.4 is 0 Å². The van der Waals surface area contributed by atoms with Crippen LogP contribution in [0.25, 0.3) is 10.8 Å². The van der Waals surface area contributed by atoms with Crippen LogP contribution in [0.5, 0.6) is 0 Å². The van der Waals surface area contributed by atoms with E-state index in [0.29, 0.717) is 5.02 Å². The van der Waals surface area contributed by atoms with Crippen molar-refractivity contribution in [1.29, 1.82) is 0 Å². The number of pyridine rings is 1. The van der Waals surface area contributed by atoms with Crippen molar-refractivity contribution in [3.8, 4) is 0 Å². The minimum atomic E-state index is -0.742. The van der Waals surface area contributed by atoms with E-state index in [9.17, 15) is 5.11 Å². The first-order valence-corrected chi connectivity index (χ1v) is 6.82. The summed E-state index contributed by atoms with van der Waals surface area (Å²) < 4.78 is 0. The number of aliphatic hydroxyl groups is 1. The van der Waals surface area contributed by atoms with Gasteiger partial charge in [-0.1, -0.05) is 48.0 Å². The largest absolute Gasteiger partial charge is 0.384 e. The van der Waals surface area contributed by atoms with Crippen LogP contribution in [-0.2, 0) is 0 Å². The summed E-state index contributed by atoms with van der Waals surface area (Å²) in [5, 5.41) is 13.3. The molecule has 1 N–H and O–H groups in total. The molecule has 0 fully saturated rings. The molecule has 3 aromatic rings. The maximum absolute atomic E-state index is 10.7. The number of nitrogens with zero attached hydrogens (tertiary/aromatic N) is 1. The Morgan fingerprint density at radius 3 is 2.65 bits per heavy atom. The number of aromatic nitrogens is 1. The first-order chi connectivity index (χ1) is 9.68. The molecule has 0 saturated heterocycles. The molecule has 20 heavy (non-hydrogen) atoms. The summed E-state index contributed by atoms with van der Waals surface area (Å²) in [7, 11) is 0. The standard InChI is InChI=1S/C17H14ClNO/c1-11-4-2-7-15(16(11)18)17(20)14-6-3-5-12-10-19-9-8-13(12)14/h2-10,17,20H,1H3. The molecule has 0 aliphatic rings. The molecule has 0 aliphatic heterocycles. The molecule has 0 aliphatic carbocycles. The zero-order valence-corrected chi connectivity index (χ0v) is 11.8. The Morgan fingerprint density at radius 1 is 1.05 bits per heavy atom. The molecule has 0 saturated carbocycles. The molecule has 0 amide bonds. The monoisotopic (exact) mass is 283 g/mol. The summed E-state index contributed by atoms with van der Waals surface area (Å²) in [6.45, 7) is 1.94. The van der Waals surface area contributed by atoms with E-state index in [2.05, 4.69) is 4.98 Å². The highest BCUT2D eigenvalue weighted by molar-refractivity contribution is 6.32. The second-order valence-electron chi connectivity index (χ2n) is 4.82. The van der Waals surface area contributed by atoms with E-state index in [4.69, 9.17) is 11.6 Å². The van der Waals surface area contributed by atoms with Crippen molar-refractivity contribution in [2.75, 3.05) is 0 Å². The van der Waals surface area contributed by atoms with Crippen molar-refractivity contribution < 1.29 is 5.11 Å². The molecule has 0 spiro atoms. The van der Waals surface area contributed by atoms with Crippen molar-refractivity contribution in [2.24, 2.45) is 0 Å². The fourth-order valence-electron chi connectivity index (χ4n) is 2.43. The van der Waals surface area contributed by atoms with E-state index in [-0.39, 0.29) is 0 Å². The van der Waals surface area contributed by atoms with Gasteiger partial charge in [-0.05, 0) is 29.5 Å². The second-order valence-corrected chi connectivity index (χ2v) is 5.20. The lowest BCUT2D eigenvalue weighted by molar-refractivity contribution is 0.222. The Balaban J connectivity index is 2.18.